The molecule has 10 heteroatoms. The van der Waals surface area contributed by atoms with Crippen LogP contribution in [-0.4, -0.2) is 21.4 Å². The molecule has 3 rings (SSSR count). The molecular weight excluding hydrogens is 397 g/mol. The molecule has 0 saturated carbocycles. The van der Waals surface area contributed by atoms with Crippen molar-refractivity contribution in [3.05, 3.63) is 67.1 Å². The van der Waals surface area contributed by atoms with Gasteiger partial charge >= 0.3 is 5.69 Å². The zero-order valence-corrected chi connectivity index (χ0v) is 15.6. The number of rotatable bonds is 7. The van der Waals surface area contributed by atoms with Crippen LogP contribution < -0.4 is 10.6 Å². The van der Waals surface area contributed by atoms with E-state index in [1.54, 1.807) is 29.5 Å². The van der Waals surface area contributed by atoms with Crippen LogP contribution in [0.1, 0.15) is 4.88 Å². The minimum atomic E-state index is -0.533. The van der Waals surface area contributed by atoms with Gasteiger partial charge in [-0.2, -0.15) is 0 Å². The summed E-state index contributed by atoms with van der Waals surface area (Å²) >= 11 is 13.7. The second-order valence-corrected chi connectivity index (χ2v) is 7.06. The van der Waals surface area contributed by atoms with E-state index in [0.29, 0.717) is 22.3 Å². The van der Waals surface area contributed by atoms with Gasteiger partial charge in [0.25, 0.3) is 0 Å². The Balaban J connectivity index is 1.83. The van der Waals surface area contributed by atoms with E-state index in [2.05, 4.69) is 20.6 Å². The molecular formula is C16H13Cl2N5O2S. The third-order valence-corrected chi connectivity index (χ3v) is 4.93. The van der Waals surface area contributed by atoms with Crippen LogP contribution >= 0.6 is 34.5 Å². The lowest BCUT2D eigenvalue weighted by Gasteiger charge is -2.11. The molecule has 0 atom stereocenters. The minimum Gasteiger partial charge on any atom is -0.364 e. The van der Waals surface area contributed by atoms with Gasteiger partial charge in [0.1, 0.15) is 6.33 Å². The van der Waals surface area contributed by atoms with E-state index in [1.165, 1.54) is 11.2 Å². The number of nitro groups is 1. The van der Waals surface area contributed by atoms with Crippen LogP contribution in [0.5, 0.6) is 0 Å². The number of halogens is 2. The van der Waals surface area contributed by atoms with Crippen LogP contribution in [0.4, 0.5) is 23.0 Å². The highest BCUT2D eigenvalue weighted by molar-refractivity contribution is 7.09. The smallest absolute Gasteiger partial charge is 0.353 e. The van der Waals surface area contributed by atoms with Gasteiger partial charge < -0.3 is 10.6 Å². The summed E-state index contributed by atoms with van der Waals surface area (Å²) in [6.45, 7) is 0.510. The van der Waals surface area contributed by atoms with E-state index in [-0.39, 0.29) is 17.3 Å². The highest BCUT2D eigenvalue weighted by Crippen LogP contribution is 2.34. The van der Waals surface area contributed by atoms with Crippen molar-refractivity contribution in [1.82, 2.24) is 9.97 Å². The summed E-state index contributed by atoms with van der Waals surface area (Å²) in [5.41, 5.74) is 0.167. The van der Waals surface area contributed by atoms with Gasteiger partial charge in [-0.15, -0.1) is 11.3 Å². The van der Waals surface area contributed by atoms with E-state index in [9.17, 15) is 10.1 Å². The standard InChI is InChI=1S/C16H13Cl2N5O2S/c17-10-3-4-12(18)13(8-10)22-16-14(23(24)25)15(20-9-21-16)19-6-5-11-2-1-7-26-11/h1-4,7-9H,5-6H2,(H2,19,20,21,22). The van der Waals surface area contributed by atoms with Crippen LogP contribution in [0.2, 0.25) is 10.0 Å². The Morgan fingerprint density at radius 1 is 1.19 bits per heavy atom. The van der Waals surface area contributed by atoms with Gasteiger partial charge in [0, 0.05) is 16.4 Å². The molecule has 2 heterocycles. The van der Waals surface area contributed by atoms with Crippen LogP contribution in [0, 0.1) is 10.1 Å². The van der Waals surface area contributed by atoms with Crippen LogP contribution in [0.25, 0.3) is 0 Å². The van der Waals surface area contributed by atoms with Crippen molar-refractivity contribution in [2.75, 3.05) is 17.2 Å². The Morgan fingerprint density at radius 2 is 2.00 bits per heavy atom. The number of thiophene rings is 1. The number of anilines is 3. The van der Waals surface area contributed by atoms with Crippen LogP contribution in [0.15, 0.2) is 42.0 Å². The second kappa shape index (κ2) is 8.31. The first kappa shape index (κ1) is 18.4. The van der Waals surface area contributed by atoms with Crippen molar-refractivity contribution in [2.24, 2.45) is 0 Å². The van der Waals surface area contributed by atoms with Gasteiger partial charge in [-0.1, -0.05) is 29.3 Å². The zero-order valence-electron chi connectivity index (χ0n) is 13.3. The third kappa shape index (κ3) is 4.40. The van der Waals surface area contributed by atoms with Crippen molar-refractivity contribution >= 4 is 57.5 Å². The quantitative estimate of drug-likeness (QED) is 0.413. The molecule has 0 radical (unpaired) electrons. The molecule has 26 heavy (non-hydrogen) atoms. The average Bonchev–Trinajstić information content (AvgIpc) is 3.11. The van der Waals surface area contributed by atoms with Crippen molar-refractivity contribution in [3.63, 3.8) is 0 Å². The lowest BCUT2D eigenvalue weighted by Crippen LogP contribution is -2.10. The molecule has 1 aromatic carbocycles. The second-order valence-electron chi connectivity index (χ2n) is 5.18. The van der Waals surface area contributed by atoms with Gasteiger partial charge in [0.2, 0.25) is 11.6 Å². The molecule has 2 aromatic heterocycles. The van der Waals surface area contributed by atoms with Gasteiger partial charge in [0.15, 0.2) is 0 Å². The van der Waals surface area contributed by atoms with Crippen molar-refractivity contribution in [3.8, 4) is 0 Å². The Morgan fingerprint density at radius 3 is 2.73 bits per heavy atom. The first-order chi connectivity index (χ1) is 12.5. The summed E-state index contributed by atoms with van der Waals surface area (Å²) in [4.78, 5) is 20.2. The molecule has 0 spiro atoms. The number of nitrogens with zero attached hydrogens (tertiary/aromatic N) is 3. The topological polar surface area (TPSA) is 93.0 Å². The van der Waals surface area contributed by atoms with Crippen LogP contribution in [-0.2, 0) is 6.42 Å². The van der Waals surface area contributed by atoms with E-state index >= 15 is 0 Å². The summed E-state index contributed by atoms with van der Waals surface area (Å²) in [7, 11) is 0. The van der Waals surface area contributed by atoms with E-state index < -0.39 is 4.92 Å². The number of nitrogens with one attached hydrogen (secondary N) is 2. The predicted molar refractivity (Wildman–Crippen MR) is 105 cm³/mol. The first-order valence-electron chi connectivity index (χ1n) is 7.52. The zero-order chi connectivity index (χ0) is 18.5. The highest BCUT2D eigenvalue weighted by Gasteiger charge is 2.23. The maximum absolute atomic E-state index is 11.6. The molecule has 0 saturated heterocycles. The molecule has 0 aliphatic heterocycles. The Bertz CT molecular complexity index is 921. The Kier molecular flexibility index (Phi) is 5.87. The molecule has 0 aliphatic rings. The number of aromatic nitrogens is 2. The molecule has 0 aliphatic carbocycles. The maximum Gasteiger partial charge on any atom is 0.353 e. The fourth-order valence-corrected chi connectivity index (χ4v) is 3.30. The lowest BCUT2D eigenvalue weighted by atomic mass is 10.3. The molecule has 3 aromatic rings. The Hall–Kier alpha value is -2.42. The van der Waals surface area contributed by atoms with Gasteiger partial charge in [0.05, 0.1) is 15.6 Å². The van der Waals surface area contributed by atoms with Gasteiger partial charge in [-0.05, 0) is 36.1 Å². The van der Waals surface area contributed by atoms with Crippen molar-refractivity contribution < 1.29 is 4.92 Å². The average molecular weight is 410 g/mol. The van der Waals surface area contributed by atoms with Crippen molar-refractivity contribution in [2.45, 2.75) is 6.42 Å². The number of hydrogen-bond donors (Lipinski definition) is 2. The summed E-state index contributed by atoms with van der Waals surface area (Å²) in [6.07, 6.45) is 1.99. The van der Waals surface area contributed by atoms with Gasteiger partial charge in [-0.3, -0.25) is 10.1 Å². The first-order valence-corrected chi connectivity index (χ1v) is 9.16. The molecule has 0 bridgehead atoms. The Labute approximate surface area is 163 Å². The molecule has 134 valence electrons. The van der Waals surface area contributed by atoms with Crippen molar-refractivity contribution in [1.29, 1.82) is 0 Å². The molecule has 7 nitrogen and oxygen atoms in total. The number of hydrogen-bond acceptors (Lipinski definition) is 7. The van der Waals surface area contributed by atoms with E-state index in [0.717, 1.165) is 6.42 Å². The summed E-state index contributed by atoms with van der Waals surface area (Å²) in [5, 5.41) is 20.2. The van der Waals surface area contributed by atoms with E-state index in [4.69, 9.17) is 23.2 Å². The summed E-state index contributed by atoms with van der Waals surface area (Å²) in [5.74, 6) is 0.176. The van der Waals surface area contributed by atoms with Crippen LogP contribution in [0.3, 0.4) is 0 Å². The lowest BCUT2D eigenvalue weighted by molar-refractivity contribution is -0.383. The van der Waals surface area contributed by atoms with Gasteiger partial charge in [-0.25, -0.2) is 9.97 Å². The summed E-state index contributed by atoms with van der Waals surface area (Å²) in [6, 6.07) is 8.76. The number of benzene rings is 1. The summed E-state index contributed by atoms with van der Waals surface area (Å²) < 4.78 is 0. The third-order valence-electron chi connectivity index (χ3n) is 3.43. The highest BCUT2D eigenvalue weighted by atomic mass is 35.5. The molecule has 0 unspecified atom stereocenters. The SMILES string of the molecule is O=[N+]([O-])c1c(NCCc2cccs2)ncnc1Nc1cc(Cl)ccc1Cl. The fraction of sp³-hybridized carbons (Fsp3) is 0.125. The largest absolute Gasteiger partial charge is 0.364 e. The maximum atomic E-state index is 11.6. The predicted octanol–water partition coefficient (Wildman–Crippen LogP) is 5.15. The monoisotopic (exact) mass is 409 g/mol. The fourth-order valence-electron chi connectivity index (χ4n) is 2.25. The molecule has 0 amide bonds. The van der Waals surface area contributed by atoms with E-state index in [1.807, 2.05) is 17.5 Å². The molecule has 0 fully saturated rings. The molecule has 2 N–H and O–H groups in total. The minimum absolute atomic E-state index is 0.0350. The normalized spacial score (nSPS) is 10.5.